The Morgan fingerprint density at radius 1 is 1.09 bits per heavy atom. The summed E-state index contributed by atoms with van der Waals surface area (Å²) in [5.74, 6) is 0. The summed E-state index contributed by atoms with van der Waals surface area (Å²) in [4.78, 5) is 17.4. The lowest BCUT2D eigenvalue weighted by Crippen LogP contribution is -2.08. The minimum absolute atomic E-state index is 0. The van der Waals surface area contributed by atoms with Crippen LogP contribution < -0.4 is 6.15 Å². The Bertz CT molecular complexity index is 120. The van der Waals surface area contributed by atoms with E-state index in [1.807, 2.05) is 0 Å². The molecule has 0 aliphatic rings. The van der Waals surface area contributed by atoms with Gasteiger partial charge in [0.05, 0.1) is 5.09 Å². The molecule has 0 spiro atoms. The van der Waals surface area contributed by atoms with E-state index in [0.717, 1.165) is 0 Å². The monoisotopic (exact) mass is 169 g/mol. The van der Waals surface area contributed by atoms with Crippen LogP contribution in [0.15, 0.2) is 0 Å². The molecule has 0 bridgehead atoms. The predicted octanol–water partition coefficient (Wildman–Crippen LogP) is 0.809. The van der Waals surface area contributed by atoms with E-state index in [2.05, 4.69) is 0 Å². The lowest BCUT2D eigenvalue weighted by molar-refractivity contribution is -0.513. The molecule has 0 aromatic rings. The molecule has 0 aromatic heterocycles. The van der Waals surface area contributed by atoms with Crippen molar-refractivity contribution in [3.63, 3.8) is 0 Å². The molecule has 0 saturated carbocycles. The van der Waals surface area contributed by atoms with Crippen LogP contribution in [0.5, 0.6) is 0 Å². The molecule has 4 N–H and O–H groups in total. The molecular weight excluding hydrogens is 158 g/mol. The summed E-state index contributed by atoms with van der Waals surface area (Å²) >= 11 is 0. The van der Waals surface area contributed by atoms with Gasteiger partial charge in [0, 0.05) is 18.8 Å². The number of quaternary nitrogens is 1. The number of hydrogen-bond donors (Lipinski definition) is 1. The fraction of sp³-hybridized carbons (Fsp3) is 1.00. The molecule has 0 heterocycles. The summed E-state index contributed by atoms with van der Waals surface area (Å²) in [6.07, 6.45) is 0. The van der Waals surface area contributed by atoms with Crippen molar-refractivity contribution in [3.05, 3.63) is 25.4 Å². The van der Waals surface area contributed by atoms with Gasteiger partial charge in [0.15, 0.2) is 0 Å². The molecular formula is C3H11N3O5. The lowest BCUT2D eigenvalue weighted by Gasteiger charge is -1.88. The maximum Gasteiger partial charge on any atom is 0.207 e. The summed E-state index contributed by atoms with van der Waals surface area (Å²) in [7, 11) is 0. The number of rotatable bonds is 1. The average molecular weight is 169 g/mol. The quantitative estimate of drug-likeness (QED) is 0.455. The molecule has 0 rings (SSSR count). The Balaban J connectivity index is -0.000000114. The van der Waals surface area contributed by atoms with Crippen molar-refractivity contribution in [2.45, 2.75) is 19.9 Å². The third-order valence-electron chi connectivity index (χ3n) is 0.422. The molecule has 68 valence electrons. The van der Waals surface area contributed by atoms with Gasteiger partial charge in [0.2, 0.25) is 6.04 Å². The van der Waals surface area contributed by atoms with Gasteiger partial charge in [-0.25, -0.2) is 0 Å². The van der Waals surface area contributed by atoms with Gasteiger partial charge in [-0.15, -0.1) is 0 Å². The molecule has 0 fully saturated rings. The Labute approximate surface area is 62.7 Å². The first-order chi connectivity index (χ1) is 4.37. The zero-order valence-corrected chi connectivity index (χ0v) is 6.51. The van der Waals surface area contributed by atoms with Gasteiger partial charge in [0.1, 0.15) is 0 Å². The minimum Gasteiger partial charge on any atom is -0.369 e. The van der Waals surface area contributed by atoms with Gasteiger partial charge >= 0.3 is 0 Å². The van der Waals surface area contributed by atoms with E-state index in [-0.39, 0.29) is 11.1 Å². The largest absolute Gasteiger partial charge is 0.369 e. The second-order valence-corrected chi connectivity index (χ2v) is 1.60. The van der Waals surface area contributed by atoms with Crippen LogP contribution in [0.3, 0.4) is 0 Å². The Kier molecular flexibility index (Phi) is 12.7. The third-order valence-corrected chi connectivity index (χ3v) is 0.422. The van der Waals surface area contributed by atoms with E-state index in [1.165, 1.54) is 0 Å². The summed E-state index contributed by atoms with van der Waals surface area (Å²) in [5.41, 5.74) is 0. The van der Waals surface area contributed by atoms with Crippen molar-refractivity contribution in [3.8, 4) is 0 Å². The van der Waals surface area contributed by atoms with Crippen LogP contribution in [0.4, 0.5) is 0 Å². The van der Waals surface area contributed by atoms with Gasteiger partial charge in [0.25, 0.3) is 0 Å². The highest BCUT2D eigenvalue weighted by Crippen LogP contribution is 1.79. The van der Waals surface area contributed by atoms with Crippen molar-refractivity contribution in [2.75, 3.05) is 0 Å². The molecule has 8 nitrogen and oxygen atoms in total. The second kappa shape index (κ2) is 8.56. The van der Waals surface area contributed by atoms with Gasteiger partial charge in [-0.05, 0) is 0 Å². The topological polar surface area (TPSA) is 146 Å². The van der Waals surface area contributed by atoms with Crippen LogP contribution in [-0.4, -0.2) is 16.1 Å². The van der Waals surface area contributed by atoms with Crippen LogP contribution in [-0.2, 0) is 0 Å². The molecule has 0 aliphatic heterocycles. The van der Waals surface area contributed by atoms with E-state index in [0.29, 0.717) is 0 Å². The highest BCUT2D eigenvalue weighted by atomic mass is 16.9. The van der Waals surface area contributed by atoms with Crippen LogP contribution in [0.1, 0.15) is 13.8 Å². The molecule has 0 saturated heterocycles. The zero-order chi connectivity index (χ0) is 8.73. The molecule has 0 atom stereocenters. The maximum absolute atomic E-state index is 9.50. The summed E-state index contributed by atoms with van der Waals surface area (Å²) in [6.45, 7) is 3.08. The van der Waals surface area contributed by atoms with Crippen LogP contribution >= 0.6 is 0 Å². The molecule has 0 unspecified atom stereocenters. The van der Waals surface area contributed by atoms with E-state index in [9.17, 15) is 10.1 Å². The van der Waals surface area contributed by atoms with Gasteiger partial charge < -0.3 is 21.5 Å². The fourth-order valence-corrected chi connectivity index (χ4v) is 0. The van der Waals surface area contributed by atoms with Crippen molar-refractivity contribution in [1.29, 1.82) is 0 Å². The van der Waals surface area contributed by atoms with Gasteiger partial charge in [-0.3, -0.25) is 10.1 Å². The normalized spacial score (nSPS) is 7.18. The summed E-state index contributed by atoms with van der Waals surface area (Å²) < 4.78 is 0. The van der Waals surface area contributed by atoms with Crippen LogP contribution in [0.25, 0.3) is 0 Å². The molecule has 8 heteroatoms. The van der Waals surface area contributed by atoms with Crippen molar-refractivity contribution < 1.29 is 10.0 Å². The van der Waals surface area contributed by atoms with E-state index in [1.54, 1.807) is 13.8 Å². The predicted molar refractivity (Wildman–Crippen MR) is 38.5 cm³/mol. The van der Waals surface area contributed by atoms with Gasteiger partial charge in [-0.1, -0.05) is 0 Å². The van der Waals surface area contributed by atoms with Crippen molar-refractivity contribution in [1.82, 2.24) is 6.15 Å². The lowest BCUT2D eigenvalue weighted by atomic mass is 10.4. The fourth-order valence-electron chi connectivity index (χ4n) is 0. The molecule has 0 radical (unpaired) electrons. The third kappa shape index (κ3) is 56.2. The van der Waals surface area contributed by atoms with Crippen molar-refractivity contribution in [2.24, 2.45) is 0 Å². The van der Waals surface area contributed by atoms with E-state index in [4.69, 9.17) is 15.3 Å². The van der Waals surface area contributed by atoms with E-state index < -0.39 is 11.1 Å². The Morgan fingerprint density at radius 2 is 1.18 bits per heavy atom. The minimum atomic E-state index is -1.75. The molecule has 0 aliphatic carbocycles. The highest BCUT2D eigenvalue weighted by Gasteiger charge is 1.99. The van der Waals surface area contributed by atoms with Crippen LogP contribution in [0.2, 0.25) is 0 Å². The SMILES string of the molecule is CC(C)[N+](=O)[O-].O=[N+]([O-])[O-].[NH4+]. The number of nitro groups is 1. The van der Waals surface area contributed by atoms with E-state index >= 15 is 0 Å². The zero-order valence-electron chi connectivity index (χ0n) is 6.51. The summed E-state index contributed by atoms with van der Waals surface area (Å²) in [5, 5.41) is 24.3. The number of nitrogens with zero attached hydrogens (tertiary/aromatic N) is 2. The molecule has 0 amide bonds. The average Bonchev–Trinajstić information content (AvgIpc) is 1.63. The molecule has 0 aromatic carbocycles. The smallest absolute Gasteiger partial charge is 0.207 e. The highest BCUT2D eigenvalue weighted by molar-refractivity contribution is 4.28. The molecule has 11 heavy (non-hydrogen) atoms. The van der Waals surface area contributed by atoms with Crippen LogP contribution in [0, 0.1) is 25.4 Å². The first-order valence-electron chi connectivity index (χ1n) is 2.33. The van der Waals surface area contributed by atoms with Gasteiger partial charge in [-0.2, -0.15) is 0 Å². The first-order valence-corrected chi connectivity index (χ1v) is 2.33. The Morgan fingerprint density at radius 3 is 1.18 bits per heavy atom. The number of hydrogen-bond acceptors (Lipinski definition) is 5. The van der Waals surface area contributed by atoms with Crippen molar-refractivity contribution >= 4 is 0 Å². The maximum atomic E-state index is 9.50. The Hall–Kier alpha value is -1.44. The first kappa shape index (κ1) is 16.3. The standard InChI is InChI=1S/C3H7NO2.NO3.H3N/c1-3(2)4(5)6;2-1(3)4;/h3H,1-2H3;;1H3/q;-1;/p+1. The summed E-state index contributed by atoms with van der Waals surface area (Å²) in [6, 6.07) is -0.426. The second-order valence-electron chi connectivity index (χ2n) is 1.60.